The van der Waals surface area contributed by atoms with Gasteiger partial charge >= 0.3 is 48.9 Å². The van der Waals surface area contributed by atoms with Crippen molar-refractivity contribution in [1.82, 2.24) is 0 Å². The molecular weight excluding hydrogens is 978 g/mol. The molecule has 0 saturated carbocycles. The van der Waals surface area contributed by atoms with Gasteiger partial charge in [0.25, 0.3) is 11.4 Å². The van der Waals surface area contributed by atoms with E-state index in [2.05, 4.69) is 31.1 Å². The molecule has 0 aromatic heterocycles. The molecule has 0 heterocycles. The van der Waals surface area contributed by atoms with E-state index in [4.69, 9.17) is 9.47 Å². The number of ketones is 2. The number of carbonyl (C=O) groups is 4. The number of hydrogen-bond acceptors (Lipinski definition) is 20. The van der Waals surface area contributed by atoms with Gasteiger partial charge in [-0.25, -0.2) is 16.8 Å². The molecule has 27 heteroatoms. The minimum atomic E-state index is -4.98. The fourth-order valence-corrected chi connectivity index (χ4v) is 5.65. The molecule has 0 aliphatic carbocycles. The minimum absolute atomic E-state index is 0. The van der Waals surface area contributed by atoms with Gasteiger partial charge in [0.15, 0.2) is 11.4 Å². The average Bonchev–Trinajstić information content (AvgIpc) is 3.15. The molecule has 0 fully saturated rings. The van der Waals surface area contributed by atoms with Crippen LogP contribution in [0.1, 0.15) is 26.7 Å². The summed E-state index contributed by atoms with van der Waals surface area (Å²) in [5, 5.41) is 42.2. The van der Waals surface area contributed by atoms with E-state index in [1.165, 1.54) is 64.5 Å². The molecule has 4 aromatic carbocycles. The Labute approximate surface area is 385 Å². The Bertz CT molecular complexity index is 2480. The number of non-ortho nitro benzene ring substituents is 2. The number of nitro benzene ring substituents is 2. The molecule has 2 amide bonds. The van der Waals surface area contributed by atoms with Gasteiger partial charge in [-0.1, -0.05) is 12.1 Å². The summed E-state index contributed by atoms with van der Waals surface area (Å²) in [5.74, 6) is -1.60. The van der Waals surface area contributed by atoms with E-state index in [1.807, 2.05) is 0 Å². The molecule has 0 unspecified atom stereocenters. The zero-order valence-corrected chi connectivity index (χ0v) is 38.2. The fraction of sp³-hybridized carbons (Fsp3) is 0.176. The normalized spacial score (nSPS) is 11.1. The number of benzene rings is 4. The molecule has 61 heavy (non-hydrogen) atoms. The molecule has 0 atom stereocenters. The van der Waals surface area contributed by atoms with Crippen LogP contribution in [0.25, 0.3) is 0 Å². The largest absolute Gasteiger partial charge is 2.00 e. The predicted octanol–water partition coefficient (Wildman–Crippen LogP) is 5.30. The fourth-order valence-electron chi connectivity index (χ4n) is 4.59. The van der Waals surface area contributed by atoms with Crippen LogP contribution in [0.5, 0.6) is 11.5 Å². The second kappa shape index (κ2) is 22.7. The molecule has 0 radical (unpaired) electrons. The summed E-state index contributed by atoms with van der Waals surface area (Å²) in [6.07, 6.45) is -0.743. The summed E-state index contributed by atoms with van der Waals surface area (Å²) in [4.78, 5) is 64.6. The Morgan fingerprint density at radius 3 is 1.23 bits per heavy atom. The van der Waals surface area contributed by atoms with Crippen molar-refractivity contribution < 1.29 is 64.4 Å². The zero-order chi connectivity index (χ0) is 44.9. The van der Waals surface area contributed by atoms with Gasteiger partial charge in [0.05, 0.1) is 69.4 Å². The van der Waals surface area contributed by atoms with Crippen molar-refractivity contribution >= 4 is 138 Å². The van der Waals surface area contributed by atoms with Gasteiger partial charge in [0.1, 0.15) is 43.3 Å². The summed E-state index contributed by atoms with van der Waals surface area (Å²) in [7, 11) is -7.32. The van der Waals surface area contributed by atoms with Gasteiger partial charge < -0.3 is 29.2 Å². The molecule has 0 bridgehead atoms. The van der Waals surface area contributed by atoms with Crippen molar-refractivity contribution in [1.29, 1.82) is 0 Å². The number of nitro groups is 2. The first-order chi connectivity index (χ1) is 28.0. The molecule has 0 saturated heterocycles. The number of carbonyl (C=O) groups excluding carboxylic acids is 4. The molecule has 316 valence electrons. The molecule has 0 aliphatic rings. The zero-order valence-electron chi connectivity index (χ0n) is 32.1. The second-order valence-electron chi connectivity index (χ2n) is 11.8. The van der Waals surface area contributed by atoms with E-state index >= 15 is 0 Å². The van der Waals surface area contributed by atoms with Gasteiger partial charge in [0.2, 0.25) is 11.8 Å². The number of ether oxygens (including phenoxy) is 2. The molecule has 2 N–H and O–H groups in total. The number of methoxy groups -OCH3 is 2. The first-order valence-electron chi connectivity index (χ1n) is 16.3. The van der Waals surface area contributed by atoms with Crippen molar-refractivity contribution in [2.45, 2.75) is 36.5 Å². The summed E-state index contributed by atoms with van der Waals surface area (Å²) in [6.45, 7) is 2.49. The van der Waals surface area contributed by atoms with E-state index in [0.29, 0.717) is 12.1 Å². The summed E-state index contributed by atoms with van der Waals surface area (Å²) < 4.78 is 77.8. The number of amides is 2. The third kappa shape index (κ3) is 15.9. The van der Waals surface area contributed by atoms with E-state index in [9.17, 15) is 65.3 Å². The number of nitrogens with one attached hydrogen (secondary N) is 2. The molecule has 24 nitrogen and oxygen atoms in total. The van der Waals surface area contributed by atoms with Crippen LogP contribution in [0.4, 0.5) is 45.5 Å². The molecule has 0 aliphatic heterocycles. The van der Waals surface area contributed by atoms with Crippen LogP contribution in [-0.2, 0) is 39.4 Å². The third-order valence-electron chi connectivity index (χ3n) is 7.09. The first kappa shape index (κ1) is 51.3. The Morgan fingerprint density at radius 2 is 0.951 bits per heavy atom. The quantitative estimate of drug-likeness (QED) is 0.0359. The number of anilines is 2. The average molecular weight is 1010 g/mol. The van der Waals surface area contributed by atoms with Crippen molar-refractivity contribution in [2.75, 3.05) is 24.9 Å². The third-order valence-corrected chi connectivity index (χ3v) is 8.71. The van der Waals surface area contributed by atoms with Crippen LogP contribution >= 0.6 is 0 Å². The Morgan fingerprint density at radius 1 is 0.607 bits per heavy atom. The number of azo groups is 2. The summed E-state index contributed by atoms with van der Waals surface area (Å²) >= 11 is 0. The van der Waals surface area contributed by atoms with Crippen LogP contribution < -0.4 is 20.1 Å². The first-order valence-corrected chi connectivity index (χ1v) is 19.1. The van der Waals surface area contributed by atoms with Crippen molar-refractivity contribution in [3.63, 3.8) is 0 Å². The van der Waals surface area contributed by atoms with Crippen LogP contribution in [-0.4, -0.2) is 122 Å². The number of hydrogen-bond donors (Lipinski definition) is 2. The van der Waals surface area contributed by atoms with Crippen molar-refractivity contribution in [2.24, 2.45) is 20.5 Å². The smallest absolute Gasteiger partial charge is 0.744 e. The number of rotatable bonds is 16. The van der Waals surface area contributed by atoms with Gasteiger partial charge in [-0.05, 0) is 50.2 Å². The van der Waals surface area contributed by atoms with Gasteiger partial charge in [-0.2, -0.15) is 10.2 Å². The van der Waals surface area contributed by atoms with Crippen molar-refractivity contribution in [3.8, 4) is 11.5 Å². The van der Waals surface area contributed by atoms with E-state index in [1.54, 1.807) is 0 Å². The standard InChI is InChI=1S/2C17H16N4O8S.Ba/c2*1-10(22)6-16(23)18-14-4-3-5-15(29-2)17(14)20-19-11-7-12(21(24)25)9-13(8-11)30(26,27)28;/h2*3-5,7-9H,6H2,1-2H3,(H,18,23)(H,26,27,28);/q;;+2/p-2. The Kier molecular flexibility index (Phi) is 19.1. The SMILES string of the molecule is COc1cccc(NC(=O)CC(C)=O)c1N=Nc1cc([N+](=O)[O-])cc(S(=O)(=O)[O-])c1.COc1cccc(NC(=O)CC(C)=O)c1N=Nc1cc([N+](=O)[O-])cc(S(=O)(=O)[O-])c1.[Ba+2]. The predicted molar refractivity (Wildman–Crippen MR) is 210 cm³/mol. The molecule has 0 spiro atoms. The van der Waals surface area contributed by atoms with Crippen LogP contribution in [0.15, 0.2) is 103 Å². The summed E-state index contributed by atoms with van der Waals surface area (Å²) in [5.41, 5.74) is -1.63. The number of nitrogens with zero attached hydrogens (tertiary/aromatic N) is 6. The van der Waals surface area contributed by atoms with Gasteiger partial charge in [-0.3, -0.25) is 39.4 Å². The van der Waals surface area contributed by atoms with E-state index in [-0.39, 0.29) is 119 Å². The molecule has 4 aromatic rings. The van der Waals surface area contributed by atoms with Crippen LogP contribution in [0.2, 0.25) is 0 Å². The van der Waals surface area contributed by atoms with Crippen LogP contribution in [0.3, 0.4) is 0 Å². The van der Waals surface area contributed by atoms with E-state index in [0.717, 1.165) is 24.3 Å². The monoisotopic (exact) mass is 1010 g/mol. The minimum Gasteiger partial charge on any atom is -0.744 e. The van der Waals surface area contributed by atoms with E-state index < -0.39 is 63.1 Å². The van der Waals surface area contributed by atoms with Crippen LogP contribution in [0, 0.1) is 20.2 Å². The topological polar surface area (TPSA) is 361 Å². The second-order valence-corrected chi connectivity index (χ2v) is 14.5. The Balaban J connectivity index is 0.000000413. The number of Topliss-reactive ketones (excluding diaryl/α,β-unsaturated/α-hetero) is 2. The maximum Gasteiger partial charge on any atom is 2.00 e. The summed E-state index contributed by atoms with van der Waals surface area (Å²) in [6, 6.07) is 13.7. The molecular formula is C34H30BaN8O16S2. The van der Waals surface area contributed by atoms with Gasteiger partial charge in [-0.15, -0.1) is 10.2 Å². The molecule has 4 rings (SSSR count). The van der Waals surface area contributed by atoms with Crippen molar-refractivity contribution in [3.05, 3.63) is 93.0 Å². The maximum atomic E-state index is 11.9. The maximum absolute atomic E-state index is 11.9. The van der Waals surface area contributed by atoms with Gasteiger partial charge in [0, 0.05) is 24.3 Å². The Hall–Kier alpha value is -5.85.